The number of primary amides is 1. The van der Waals surface area contributed by atoms with E-state index in [1.807, 2.05) is 51.1 Å². The summed E-state index contributed by atoms with van der Waals surface area (Å²) in [6, 6.07) is 8.55. The molecule has 3 amide bonds. The maximum atomic E-state index is 13.0. The Morgan fingerprint density at radius 3 is 2.39 bits per heavy atom. The Bertz CT molecular complexity index is 841. The highest BCUT2D eigenvalue weighted by Gasteiger charge is 2.37. The molecule has 1 aromatic rings. The van der Waals surface area contributed by atoms with Crippen LogP contribution in [0.25, 0.3) is 0 Å². The molecule has 31 heavy (non-hydrogen) atoms. The molecule has 168 valence electrons. The Balaban J connectivity index is 1.54. The number of nitrogens with zero attached hydrogens (tertiary/aromatic N) is 3. The second-order valence-corrected chi connectivity index (χ2v) is 8.97. The van der Waals surface area contributed by atoms with Gasteiger partial charge in [0.15, 0.2) is 0 Å². The number of anilines is 1. The topological polar surface area (TPSA) is 117 Å². The number of rotatable bonds is 5. The summed E-state index contributed by atoms with van der Waals surface area (Å²) in [5.74, 6) is -0.396. The third-order valence-corrected chi connectivity index (χ3v) is 5.34. The highest BCUT2D eigenvalue weighted by atomic mass is 16.6. The van der Waals surface area contributed by atoms with E-state index in [2.05, 4.69) is 10.4 Å². The zero-order valence-corrected chi connectivity index (χ0v) is 18.3. The van der Waals surface area contributed by atoms with Crippen LogP contribution in [0.2, 0.25) is 0 Å². The van der Waals surface area contributed by atoms with E-state index in [1.165, 1.54) is 5.01 Å². The van der Waals surface area contributed by atoms with Gasteiger partial charge in [-0.15, -0.1) is 0 Å². The molecule has 0 spiro atoms. The van der Waals surface area contributed by atoms with Gasteiger partial charge < -0.3 is 20.7 Å². The summed E-state index contributed by atoms with van der Waals surface area (Å²) in [6.45, 7) is 7.14. The van der Waals surface area contributed by atoms with Crippen molar-refractivity contribution >= 4 is 29.3 Å². The van der Waals surface area contributed by atoms with Crippen LogP contribution in [0.3, 0.4) is 0 Å². The number of nitrogens with one attached hydrogen (secondary N) is 1. The predicted octanol–water partition coefficient (Wildman–Crippen LogP) is 1.87. The van der Waals surface area contributed by atoms with Crippen molar-refractivity contribution < 1.29 is 19.1 Å². The van der Waals surface area contributed by atoms with Crippen molar-refractivity contribution in [2.75, 3.05) is 24.6 Å². The molecule has 9 nitrogen and oxygen atoms in total. The van der Waals surface area contributed by atoms with Crippen molar-refractivity contribution in [2.45, 2.75) is 51.7 Å². The van der Waals surface area contributed by atoms with E-state index < -0.39 is 23.6 Å². The molecule has 1 atom stereocenters. The molecule has 3 N–H and O–H groups in total. The quantitative estimate of drug-likeness (QED) is 0.741. The number of para-hydroxylation sites is 1. The van der Waals surface area contributed by atoms with Gasteiger partial charge in [0.1, 0.15) is 17.4 Å². The summed E-state index contributed by atoms with van der Waals surface area (Å²) in [5.41, 5.74) is 6.10. The van der Waals surface area contributed by atoms with E-state index in [1.54, 1.807) is 4.90 Å². The van der Waals surface area contributed by atoms with Crippen molar-refractivity contribution in [2.24, 2.45) is 16.8 Å². The van der Waals surface area contributed by atoms with E-state index in [0.29, 0.717) is 25.3 Å². The molecule has 0 aromatic heterocycles. The SMILES string of the molecule is CC(C)(C)OC(=O)NCC1CCN(C(=O)C2=NN(c3ccccc3)C(C(N)=O)C2)CC1. The minimum Gasteiger partial charge on any atom is -0.444 e. The number of amides is 3. The van der Waals surface area contributed by atoms with Gasteiger partial charge in [-0.05, 0) is 51.7 Å². The summed E-state index contributed by atoms with van der Waals surface area (Å²) in [4.78, 5) is 38.5. The first-order valence-electron chi connectivity index (χ1n) is 10.6. The summed E-state index contributed by atoms with van der Waals surface area (Å²) < 4.78 is 5.26. The van der Waals surface area contributed by atoms with E-state index in [9.17, 15) is 14.4 Å². The largest absolute Gasteiger partial charge is 0.444 e. The molecule has 1 saturated heterocycles. The number of carbonyl (C=O) groups is 3. The van der Waals surface area contributed by atoms with Crippen LogP contribution in [0, 0.1) is 5.92 Å². The second-order valence-electron chi connectivity index (χ2n) is 8.97. The molecule has 1 fully saturated rings. The Labute approximate surface area is 182 Å². The van der Waals surface area contributed by atoms with Gasteiger partial charge in [-0.2, -0.15) is 5.10 Å². The van der Waals surface area contributed by atoms with Crippen molar-refractivity contribution in [1.82, 2.24) is 10.2 Å². The van der Waals surface area contributed by atoms with Crippen LogP contribution in [0.5, 0.6) is 0 Å². The molecule has 2 heterocycles. The Morgan fingerprint density at radius 2 is 1.81 bits per heavy atom. The van der Waals surface area contributed by atoms with E-state index >= 15 is 0 Å². The fraction of sp³-hybridized carbons (Fsp3) is 0.545. The molecule has 0 radical (unpaired) electrons. The Hall–Kier alpha value is -3.10. The highest BCUT2D eigenvalue weighted by Crippen LogP contribution is 2.26. The molecule has 2 aliphatic heterocycles. The lowest BCUT2D eigenvalue weighted by Gasteiger charge is -2.32. The normalized spacial score (nSPS) is 19.7. The molecule has 1 aromatic carbocycles. The number of ether oxygens (including phenoxy) is 1. The van der Waals surface area contributed by atoms with Gasteiger partial charge in [0.05, 0.1) is 5.69 Å². The van der Waals surface area contributed by atoms with Gasteiger partial charge in [-0.1, -0.05) is 18.2 Å². The lowest BCUT2D eigenvalue weighted by molar-refractivity contribution is -0.125. The number of alkyl carbamates (subject to hydrolysis) is 1. The maximum Gasteiger partial charge on any atom is 0.407 e. The van der Waals surface area contributed by atoms with Gasteiger partial charge in [-0.25, -0.2) is 4.79 Å². The zero-order valence-electron chi connectivity index (χ0n) is 18.3. The minimum atomic E-state index is -0.670. The molecule has 0 aliphatic carbocycles. The summed E-state index contributed by atoms with van der Waals surface area (Å²) in [5, 5.41) is 8.77. The average Bonchev–Trinajstić information content (AvgIpc) is 3.17. The lowest BCUT2D eigenvalue weighted by Crippen LogP contribution is -2.45. The lowest BCUT2D eigenvalue weighted by atomic mass is 9.96. The first-order valence-corrected chi connectivity index (χ1v) is 10.6. The van der Waals surface area contributed by atoms with Crippen LogP contribution >= 0.6 is 0 Å². The summed E-state index contributed by atoms with van der Waals surface area (Å²) in [6.07, 6.45) is 1.32. The van der Waals surface area contributed by atoms with Gasteiger partial charge >= 0.3 is 6.09 Å². The minimum absolute atomic E-state index is 0.164. The molecule has 1 unspecified atom stereocenters. The van der Waals surface area contributed by atoms with Crippen molar-refractivity contribution in [3.05, 3.63) is 30.3 Å². The molecule has 0 bridgehead atoms. The van der Waals surface area contributed by atoms with E-state index in [-0.39, 0.29) is 18.2 Å². The molecule has 3 rings (SSSR count). The van der Waals surface area contributed by atoms with Gasteiger partial charge in [0, 0.05) is 26.1 Å². The molecular formula is C22H31N5O4. The average molecular weight is 430 g/mol. The van der Waals surface area contributed by atoms with Crippen molar-refractivity contribution in [3.8, 4) is 0 Å². The maximum absolute atomic E-state index is 13.0. The first kappa shape index (κ1) is 22.6. The van der Waals surface area contributed by atoms with Gasteiger partial charge in [-0.3, -0.25) is 14.6 Å². The molecular weight excluding hydrogens is 398 g/mol. The third kappa shape index (κ3) is 5.96. The zero-order chi connectivity index (χ0) is 22.6. The number of carbonyl (C=O) groups excluding carboxylic acids is 3. The highest BCUT2D eigenvalue weighted by molar-refractivity contribution is 6.40. The number of hydrogen-bond acceptors (Lipinski definition) is 6. The standard InChI is InChI=1S/C22H31N5O4/c1-22(2,3)31-21(30)24-14-15-9-11-26(12-10-15)20(29)17-13-18(19(23)28)27(25-17)16-7-5-4-6-8-16/h4-8,15,18H,9-14H2,1-3H3,(H2,23,28)(H,24,30). The number of benzene rings is 1. The van der Waals surface area contributed by atoms with Gasteiger partial charge in [0.25, 0.3) is 5.91 Å². The number of nitrogens with two attached hydrogens (primary N) is 1. The van der Waals surface area contributed by atoms with Crippen LogP contribution in [-0.2, 0) is 14.3 Å². The molecule has 9 heteroatoms. The fourth-order valence-corrected chi connectivity index (χ4v) is 3.74. The number of likely N-dealkylation sites (tertiary alicyclic amines) is 1. The van der Waals surface area contributed by atoms with Crippen LogP contribution in [-0.4, -0.2) is 59.8 Å². The number of piperidine rings is 1. The third-order valence-electron chi connectivity index (χ3n) is 5.34. The van der Waals surface area contributed by atoms with Gasteiger partial charge in [0.2, 0.25) is 5.91 Å². The summed E-state index contributed by atoms with van der Waals surface area (Å²) in [7, 11) is 0. The Kier molecular flexibility index (Phi) is 6.82. The van der Waals surface area contributed by atoms with Crippen molar-refractivity contribution in [1.29, 1.82) is 0 Å². The van der Waals surface area contributed by atoms with Crippen LogP contribution in [0.1, 0.15) is 40.0 Å². The van der Waals surface area contributed by atoms with Crippen LogP contribution in [0.4, 0.5) is 10.5 Å². The summed E-state index contributed by atoms with van der Waals surface area (Å²) >= 11 is 0. The monoisotopic (exact) mass is 429 g/mol. The van der Waals surface area contributed by atoms with Crippen LogP contribution < -0.4 is 16.1 Å². The van der Waals surface area contributed by atoms with Crippen molar-refractivity contribution in [3.63, 3.8) is 0 Å². The number of hydrazone groups is 1. The fourth-order valence-electron chi connectivity index (χ4n) is 3.74. The van der Waals surface area contributed by atoms with E-state index in [4.69, 9.17) is 10.5 Å². The molecule has 2 aliphatic rings. The first-order chi connectivity index (χ1) is 14.6. The van der Waals surface area contributed by atoms with E-state index in [0.717, 1.165) is 18.5 Å². The molecule has 0 saturated carbocycles. The smallest absolute Gasteiger partial charge is 0.407 e. The predicted molar refractivity (Wildman–Crippen MR) is 117 cm³/mol. The second kappa shape index (κ2) is 9.36. The van der Waals surface area contributed by atoms with Crippen LogP contribution in [0.15, 0.2) is 35.4 Å². The number of hydrogen-bond donors (Lipinski definition) is 2. The Morgan fingerprint density at radius 1 is 1.16 bits per heavy atom.